The number of ether oxygens (including phenoxy) is 2. The number of rotatable bonds is 10. The minimum atomic E-state index is -0.966. The normalized spacial score (nSPS) is 31.9. The minimum absolute atomic E-state index is 0.136. The second kappa shape index (κ2) is 14.2. The molecule has 2 aliphatic heterocycles. The summed E-state index contributed by atoms with van der Waals surface area (Å²) in [4.78, 5) is 25.4. The van der Waals surface area contributed by atoms with E-state index >= 15 is 0 Å². The summed E-state index contributed by atoms with van der Waals surface area (Å²) in [5.41, 5.74) is 10.2. The maximum atomic E-state index is 14.7. The molecule has 5 rings (SSSR count). The maximum absolute atomic E-state index is 14.7. The molecule has 1 saturated heterocycles. The molecule has 0 aromatic heterocycles. The Labute approximate surface area is 239 Å². The van der Waals surface area contributed by atoms with Crippen LogP contribution in [0.25, 0.3) is 10.4 Å². The van der Waals surface area contributed by atoms with E-state index in [4.69, 9.17) is 19.6 Å². The summed E-state index contributed by atoms with van der Waals surface area (Å²) in [5.74, 6) is 1.52. The summed E-state index contributed by atoms with van der Waals surface area (Å²) >= 11 is 0. The van der Waals surface area contributed by atoms with E-state index < -0.39 is 11.6 Å². The van der Waals surface area contributed by atoms with Crippen LogP contribution in [-0.4, -0.2) is 65.9 Å². The lowest BCUT2D eigenvalue weighted by atomic mass is 9.73. The molecule has 40 heavy (non-hydrogen) atoms. The molecule has 1 amide bonds. The third-order valence-electron chi connectivity index (χ3n) is 9.96. The van der Waals surface area contributed by atoms with Crippen LogP contribution in [0.2, 0.25) is 0 Å². The Morgan fingerprint density at radius 2 is 1.75 bits per heavy atom. The molecule has 0 aromatic rings. The van der Waals surface area contributed by atoms with Crippen molar-refractivity contribution in [3.8, 4) is 0 Å². The van der Waals surface area contributed by atoms with Crippen molar-refractivity contribution in [2.75, 3.05) is 26.3 Å². The first-order valence-electron chi connectivity index (χ1n) is 16.2. The van der Waals surface area contributed by atoms with Gasteiger partial charge in [-0.25, -0.2) is 4.99 Å². The van der Waals surface area contributed by atoms with Crippen LogP contribution in [0.1, 0.15) is 116 Å². The third kappa shape index (κ3) is 6.69. The number of carbonyl (C=O) groups excluding carboxylic acids is 1. The number of nitrogens with zero attached hydrogens (tertiary/aromatic N) is 5. The van der Waals surface area contributed by atoms with Crippen molar-refractivity contribution in [1.82, 2.24) is 4.90 Å². The van der Waals surface area contributed by atoms with Crippen molar-refractivity contribution in [3.05, 3.63) is 21.7 Å². The topological polar surface area (TPSA) is 120 Å². The zero-order valence-corrected chi connectivity index (χ0v) is 24.3. The van der Waals surface area contributed by atoms with Gasteiger partial charge in [0.1, 0.15) is 0 Å². The summed E-state index contributed by atoms with van der Waals surface area (Å²) in [7, 11) is 0. The molecule has 0 spiro atoms. The maximum Gasteiger partial charge on any atom is 0.254 e. The highest BCUT2D eigenvalue weighted by Crippen LogP contribution is 2.47. The smallest absolute Gasteiger partial charge is 0.254 e. The average molecular weight is 556 g/mol. The van der Waals surface area contributed by atoms with E-state index in [9.17, 15) is 10.3 Å². The molecule has 1 N–H and O–H groups in total. The highest BCUT2D eigenvalue weighted by atomic mass is 16.5. The fraction of sp³-hybridized carbons (Fsp3) is 0.871. The summed E-state index contributed by atoms with van der Waals surface area (Å²) in [5, 5.41) is 13.2. The number of piperidine rings is 1. The van der Waals surface area contributed by atoms with Gasteiger partial charge in [-0.05, 0) is 100 Å². The number of carbonyl (C=O) groups is 1. The number of azide groups is 1. The number of hydrogen-bond acceptors (Lipinski definition) is 6. The van der Waals surface area contributed by atoms with Crippen LogP contribution >= 0.6 is 0 Å². The Morgan fingerprint density at radius 1 is 1.02 bits per heavy atom. The van der Waals surface area contributed by atoms with Gasteiger partial charge in [-0.3, -0.25) is 4.79 Å². The van der Waals surface area contributed by atoms with Crippen molar-refractivity contribution in [3.63, 3.8) is 0 Å². The fourth-order valence-electron chi connectivity index (χ4n) is 7.80. The predicted octanol–water partition coefficient (Wildman–Crippen LogP) is 6.60. The molecular weight excluding hydrogens is 506 g/mol. The Balaban J connectivity index is 1.48. The highest BCUT2D eigenvalue weighted by molar-refractivity contribution is 5.95. The molecule has 9 nitrogen and oxygen atoms in total. The molecule has 2 atom stereocenters. The van der Waals surface area contributed by atoms with Gasteiger partial charge in [0.25, 0.3) is 5.91 Å². The fourth-order valence-corrected chi connectivity index (χ4v) is 7.80. The van der Waals surface area contributed by atoms with E-state index in [2.05, 4.69) is 14.9 Å². The molecule has 3 aliphatic carbocycles. The average Bonchev–Trinajstić information content (AvgIpc) is 3.38. The predicted molar refractivity (Wildman–Crippen MR) is 155 cm³/mol. The molecule has 2 saturated carbocycles. The summed E-state index contributed by atoms with van der Waals surface area (Å²) < 4.78 is 12.9. The zero-order chi connectivity index (χ0) is 27.8. The summed E-state index contributed by atoms with van der Waals surface area (Å²) in [6.45, 7) is 2.34. The van der Waals surface area contributed by atoms with E-state index in [1.165, 1.54) is 25.7 Å². The van der Waals surface area contributed by atoms with E-state index in [0.717, 1.165) is 114 Å². The van der Waals surface area contributed by atoms with E-state index in [-0.39, 0.29) is 24.5 Å². The van der Waals surface area contributed by atoms with E-state index in [1.54, 1.807) is 0 Å². The van der Waals surface area contributed by atoms with Crippen molar-refractivity contribution >= 4 is 11.8 Å². The van der Waals surface area contributed by atoms with Gasteiger partial charge in [0.15, 0.2) is 17.5 Å². The number of likely N-dealkylation sites (tertiary alicyclic amines) is 1. The van der Waals surface area contributed by atoms with Crippen LogP contribution in [0.3, 0.4) is 0 Å². The van der Waals surface area contributed by atoms with Crippen LogP contribution in [0.5, 0.6) is 0 Å². The van der Waals surface area contributed by atoms with Crippen molar-refractivity contribution < 1.29 is 19.4 Å². The van der Waals surface area contributed by atoms with Gasteiger partial charge in [0.2, 0.25) is 0 Å². The van der Waals surface area contributed by atoms with Gasteiger partial charge in [-0.15, -0.1) is 0 Å². The number of amides is 1. The Hall–Kier alpha value is -2.09. The third-order valence-corrected chi connectivity index (χ3v) is 9.96. The molecule has 0 aromatic carbocycles. The van der Waals surface area contributed by atoms with Gasteiger partial charge in [0, 0.05) is 42.8 Å². The second-order valence-corrected chi connectivity index (χ2v) is 12.7. The lowest BCUT2D eigenvalue weighted by Crippen LogP contribution is -2.56. The highest BCUT2D eigenvalue weighted by Gasteiger charge is 2.57. The Kier molecular flexibility index (Phi) is 10.4. The standard InChI is InChI=1S/C31H49N5O4/c32-35-34-27-13-6-5-12-26(27)28-31(22-23-10-3-1-4-11-23,30(38)36-18-7-2-8-19-36)33-29(40-28)24-14-16-25(17-15-24)39-21-9-20-37/h23-25,28,37H,1-22H2/t24?,25?,28-,31-/m1/s1. The molecule has 9 heteroatoms. The minimum Gasteiger partial charge on any atom is -0.470 e. The molecule has 0 radical (unpaired) electrons. The van der Waals surface area contributed by atoms with Crippen molar-refractivity contribution in [1.29, 1.82) is 0 Å². The second-order valence-electron chi connectivity index (χ2n) is 12.7. The first-order valence-corrected chi connectivity index (χ1v) is 16.2. The van der Waals surface area contributed by atoms with Crippen LogP contribution in [0, 0.1) is 11.8 Å². The lowest BCUT2D eigenvalue weighted by molar-refractivity contribution is -0.141. The monoisotopic (exact) mass is 555 g/mol. The molecule has 0 unspecified atom stereocenters. The van der Waals surface area contributed by atoms with Crippen LogP contribution in [0.4, 0.5) is 0 Å². The molecule has 3 fully saturated rings. The summed E-state index contributed by atoms with van der Waals surface area (Å²) in [6.07, 6.45) is 17.6. The van der Waals surface area contributed by atoms with Crippen molar-refractivity contribution in [2.45, 2.75) is 133 Å². The molecule has 5 aliphatic rings. The van der Waals surface area contributed by atoms with Gasteiger partial charge in [-0.2, -0.15) is 0 Å². The van der Waals surface area contributed by atoms with Gasteiger partial charge >= 0.3 is 0 Å². The largest absolute Gasteiger partial charge is 0.470 e. The van der Waals surface area contributed by atoms with E-state index in [1.807, 2.05) is 0 Å². The van der Waals surface area contributed by atoms with Gasteiger partial charge in [-0.1, -0.05) is 37.2 Å². The molecular formula is C31H49N5O4. The molecule has 0 bridgehead atoms. The Morgan fingerprint density at radius 3 is 2.48 bits per heavy atom. The van der Waals surface area contributed by atoms with E-state index in [0.29, 0.717) is 18.9 Å². The van der Waals surface area contributed by atoms with Gasteiger partial charge in [0.05, 0.1) is 6.10 Å². The number of aliphatic imine (C=N–C) groups is 1. The van der Waals surface area contributed by atoms with Crippen molar-refractivity contribution in [2.24, 2.45) is 21.9 Å². The molecule has 2 heterocycles. The SMILES string of the molecule is [N-]=[N+]=NC1=C([C@H]2OC(C3CCC(OCCCO)CC3)=N[C@@]2(CC2CCCCC2)C(=O)N2CCCCC2)CCCC1. The first kappa shape index (κ1) is 29.4. The number of aliphatic hydroxyl groups excluding tert-OH is 1. The zero-order valence-electron chi connectivity index (χ0n) is 24.3. The van der Waals surface area contributed by atoms with Gasteiger partial charge < -0.3 is 19.5 Å². The summed E-state index contributed by atoms with van der Waals surface area (Å²) in [6, 6.07) is 0. The number of allylic oxidation sites excluding steroid dienone is 1. The Bertz CT molecular complexity index is 972. The quantitative estimate of drug-likeness (QED) is 0.141. The number of hydrogen-bond donors (Lipinski definition) is 1. The first-order chi connectivity index (χ1) is 19.6. The van der Waals surface area contributed by atoms with Crippen LogP contribution in [-0.2, 0) is 14.3 Å². The number of aliphatic hydroxyl groups is 1. The van der Waals surface area contributed by atoms with Crippen LogP contribution in [0.15, 0.2) is 21.4 Å². The van der Waals surface area contributed by atoms with Crippen LogP contribution < -0.4 is 0 Å². The lowest BCUT2D eigenvalue weighted by Gasteiger charge is -2.41. The molecule has 222 valence electrons.